The molecule has 2 aliphatic heterocycles. The third kappa shape index (κ3) is 2.85. The summed E-state index contributed by atoms with van der Waals surface area (Å²) in [5.41, 5.74) is 3.69. The molecule has 0 N–H and O–H groups in total. The number of hydrogen-bond donors (Lipinski definition) is 0. The van der Waals surface area contributed by atoms with Gasteiger partial charge in [-0.05, 0) is 43.2 Å². The molecule has 0 aromatic heterocycles. The topological polar surface area (TPSA) is 40.6 Å². The minimum absolute atomic E-state index is 0.115. The molecular formula is C20H24N2O2. The Balaban J connectivity index is 1.42. The number of hydrogen-bond acceptors (Lipinski definition) is 2. The van der Waals surface area contributed by atoms with Crippen LogP contribution in [0.4, 0.5) is 0 Å². The molecule has 2 saturated heterocycles. The van der Waals surface area contributed by atoms with Gasteiger partial charge in [-0.3, -0.25) is 9.59 Å². The summed E-state index contributed by atoms with van der Waals surface area (Å²) in [5.74, 6) is 0.283. The molecule has 2 amide bonds. The number of amides is 2. The molecule has 1 aliphatic carbocycles. The average molecular weight is 324 g/mol. The minimum Gasteiger partial charge on any atom is -0.341 e. The lowest BCUT2D eigenvalue weighted by molar-refractivity contribution is -0.142. The van der Waals surface area contributed by atoms with E-state index in [1.54, 1.807) is 0 Å². The molecule has 1 aromatic rings. The normalized spacial score (nSPS) is 22.7. The monoisotopic (exact) mass is 324 g/mol. The highest BCUT2D eigenvalue weighted by molar-refractivity contribution is 5.90. The lowest BCUT2D eigenvalue weighted by atomic mass is 10.1. The van der Waals surface area contributed by atoms with Gasteiger partial charge in [0.15, 0.2) is 0 Å². The molecular weight excluding hydrogens is 300 g/mol. The fourth-order valence-electron chi connectivity index (χ4n) is 4.23. The predicted molar refractivity (Wildman–Crippen MR) is 93.3 cm³/mol. The quantitative estimate of drug-likeness (QED) is 0.857. The number of fused-ring (bicyclic) bond motifs is 1. The third-order valence-electron chi connectivity index (χ3n) is 5.49. The van der Waals surface area contributed by atoms with Crippen LogP contribution in [0.1, 0.15) is 43.2 Å². The van der Waals surface area contributed by atoms with Crippen molar-refractivity contribution in [2.45, 2.75) is 44.6 Å². The first kappa shape index (κ1) is 15.4. The number of likely N-dealkylation sites (tertiary alicyclic amines) is 2. The third-order valence-corrected chi connectivity index (χ3v) is 5.49. The Morgan fingerprint density at radius 2 is 1.83 bits per heavy atom. The average Bonchev–Trinajstić information content (AvgIpc) is 3.32. The number of benzene rings is 1. The molecule has 24 heavy (non-hydrogen) atoms. The zero-order valence-electron chi connectivity index (χ0n) is 14.0. The Kier molecular flexibility index (Phi) is 4.13. The molecule has 4 nitrogen and oxygen atoms in total. The van der Waals surface area contributed by atoms with Crippen LogP contribution in [-0.2, 0) is 16.0 Å². The second-order valence-corrected chi connectivity index (χ2v) is 7.13. The zero-order valence-corrected chi connectivity index (χ0v) is 14.0. The summed E-state index contributed by atoms with van der Waals surface area (Å²) in [6.45, 7) is 2.44. The molecule has 0 spiro atoms. The van der Waals surface area contributed by atoms with Gasteiger partial charge in [0.25, 0.3) is 0 Å². The summed E-state index contributed by atoms with van der Waals surface area (Å²) >= 11 is 0. The number of nitrogens with zero attached hydrogens (tertiary/aromatic N) is 2. The smallest absolute Gasteiger partial charge is 0.245 e. The van der Waals surface area contributed by atoms with Gasteiger partial charge in [-0.15, -0.1) is 0 Å². The van der Waals surface area contributed by atoms with Gasteiger partial charge in [0.05, 0.1) is 0 Å². The Bertz CT molecular complexity index is 689. The Morgan fingerprint density at radius 1 is 1.04 bits per heavy atom. The molecule has 1 atom stereocenters. The van der Waals surface area contributed by atoms with E-state index in [1.807, 2.05) is 21.9 Å². The molecule has 126 valence electrons. The van der Waals surface area contributed by atoms with Gasteiger partial charge < -0.3 is 9.80 Å². The van der Waals surface area contributed by atoms with Gasteiger partial charge in [-0.25, -0.2) is 0 Å². The molecule has 1 aromatic carbocycles. The van der Waals surface area contributed by atoms with Gasteiger partial charge in [-0.1, -0.05) is 35.9 Å². The predicted octanol–water partition coefficient (Wildman–Crippen LogP) is 2.63. The van der Waals surface area contributed by atoms with Gasteiger partial charge in [0.2, 0.25) is 11.8 Å². The highest BCUT2D eigenvalue weighted by atomic mass is 16.2. The van der Waals surface area contributed by atoms with Crippen molar-refractivity contribution in [2.75, 3.05) is 19.6 Å². The summed E-state index contributed by atoms with van der Waals surface area (Å²) in [4.78, 5) is 29.3. The molecule has 0 bridgehead atoms. The molecule has 0 unspecified atom stereocenters. The lowest BCUT2D eigenvalue weighted by Gasteiger charge is -2.28. The SMILES string of the molecule is O=C([C@@H]1CCCN1C(=O)CC1=Cc2ccccc2C1)N1CCCC1. The van der Waals surface area contributed by atoms with Gasteiger partial charge in [0, 0.05) is 26.1 Å². The van der Waals surface area contributed by atoms with Crippen molar-refractivity contribution in [3.05, 3.63) is 41.0 Å². The van der Waals surface area contributed by atoms with Crippen LogP contribution in [0.3, 0.4) is 0 Å². The summed E-state index contributed by atoms with van der Waals surface area (Å²) in [5, 5.41) is 0. The Hall–Kier alpha value is -2.10. The molecule has 0 radical (unpaired) electrons. The number of carbonyl (C=O) groups is 2. The van der Waals surface area contributed by atoms with E-state index in [-0.39, 0.29) is 17.9 Å². The van der Waals surface area contributed by atoms with E-state index >= 15 is 0 Å². The van der Waals surface area contributed by atoms with Crippen LogP contribution < -0.4 is 0 Å². The van der Waals surface area contributed by atoms with Crippen LogP contribution in [0.2, 0.25) is 0 Å². The first-order valence-corrected chi connectivity index (χ1v) is 9.08. The minimum atomic E-state index is -0.222. The van der Waals surface area contributed by atoms with Crippen molar-refractivity contribution in [1.82, 2.24) is 9.80 Å². The van der Waals surface area contributed by atoms with Crippen molar-refractivity contribution >= 4 is 17.9 Å². The van der Waals surface area contributed by atoms with Crippen molar-refractivity contribution in [1.29, 1.82) is 0 Å². The molecule has 2 heterocycles. The van der Waals surface area contributed by atoms with Crippen LogP contribution in [0, 0.1) is 0 Å². The van der Waals surface area contributed by atoms with Crippen LogP contribution >= 0.6 is 0 Å². The Labute approximate surface area is 143 Å². The van der Waals surface area contributed by atoms with E-state index in [2.05, 4.69) is 18.2 Å². The zero-order chi connectivity index (χ0) is 16.5. The van der Waals surface area contributed by atoms with Crippen LogP contribution in [0.5, 0.6) is 0 Å². The summed E-state index contributed by atoms with van der Waals surface area (Å²) < 4.78 is 0. The first-order chi connectivity index (χ1) is 11.7. The second kappa shape index (κ2) is 6.42. The lowest BCUT2D eigenvalue weighted by Crippen LogP contribution is -2.47. The van der Waals surface area contributed by atoms with E-state index in [9.17, 15) is 9.59 Å². The van der Waals surface area contributed by atoms with Crippen molar-refractivity contribution in [3.63, 3.8) is 0 Å². The van der Waals surface area contributed by atoms with Crippen molar-refractivity contribution in [3.8, 4) is 0 Å². The maximum Gasteiger partial charge on any atom is 0.245 e. The van der Waals surface area contributed by atoms with Gasteiger partial charge >= 0.3 is 0 Å². The molecule has 4 rings (SSSR count). The van der Waals surface area contributed by atoms with E-state index in [1.165, 1.54) is 16.7 Å². The fraction of sp³-hybridized carbons (Fsp3) is 0.500. The summed E-state index contributed by atoms with van der Waals surface area (Å²) in [6, 6.07) is 8.08. The fourth-order valence-corrected chi connectivity index (χ4v) is 4.23. The Morgan fingerprint density at radius 3 is 2.62 bits per heavy atom. The molecule has 2 fully saturated rings. The first-order valence-electron chi connectivity index (χ1n) is 9.08. The summed E-state index contributed by atoms with van der Waals surface area (Å²) in [7, 11) is 0. The van der Waals surface area contributed by atoms with Gasteiger partial charge in [0.1, 0.15) is 6.04 Å². The molecule has 0 saturated carbocycles. The van der Waals surface area contributed by atoms with Crippen LogP contribution in [0.25, 0.3) is 6.08 Å². The molecule has 3 aliphatic rings. The van der Waals surface area contributed by atoms with E-state index in [0.717, 1.165) is 51.7 Å². The maximum atomic E-state index is 12.8. The number of rotatable bonds is 3. The van der Waals surface area contributed by atoms with Gasteiger partial charge in [-0.2, -0.15) is 0 Å². The largest absolute Gasteiger partial charge is 0.341 e. The van der Waals surface area contributed by atoms with E-state index in [0.29, 0.717) is 6.42 Å². The van der Waals surface area contributed by atoms with Crippen LogP contribution in [-0.4, -0.2) is 47.3 Å². The van der Waals surface area contributed by atoms with Crippen LogP contribution in [0.15, 0.2) is 29.8 Å². The van der Waals surface area contributed by atoms with Crippen molar-refractivity contribution in [2.24, 2.45) is 0 Å². The number of carbonyl (C=O) groups excluding carboxylic acids is 2. The highest BCUT2D eigenvalue weighted by Crippen LogP contribution is 2.29. The van der Waals surface area contributed by atoms with E-state index < -0.39 is 0 Å². The van der Waals surface area contributed by atoms with E-state index in [4.69, 9.17) is 0 Å². The maximum absolute atomic E-state index is 12.8. The second-order valence-electron chi connectivity index (χ2n) is 7.13. The summed E-state index contributed by atoms with van der Waals surface area (Å²) in [6.07, 6.45) is 7.39. The van der Waals surface area contributed by atoms with Crippen molar-refractivity contribution < 1.29 is 9.59 Å². The highest BCUT2D eigenvalue weighted by Gasteiger charge is 2.37. The molecule has 4 heteroatoms. The standard InChI is InChI=1S/C20H24N2O2/c23-19(14-15-12-16-6-1-2-7-17(16)13-15)22-11-5-8-18(22)20(24)21-9-3-4-10-21/h1-2,6-7,12,18H,3-5,8-11,13-14H2/t18-/m0/s1.